The fraction of sp³-hybridized carbons (Fsp3) is 0.139. The highest BCUT2D eigenvalue weighted by atomic mass is 35.5. The van der Waals surface area contributed by atoms with Gasteiger partial charge in [-0.05, 0) is 79.9 Å². The Morgan fingerprint density at radius 3 is 2.64 bits per heavy atom. The molecule has 0 radical (unpaired) electrons. The van der Waals surface area contributed by atoms with E-state index in [0.29, 0.717) is 58.4 Å². The van der Waals surface area contributed by atoms with Gasteiger partial charge in [0.15, 0.2) is 17.3 Å². The Morgan fingerprint density at radius 1 is 1.02 bits per heavy atom. The summed E-state index contributed by atoms with van der Waals surface area (Å²) in [7, 11) is 0. The number of benzene rings is 4. The van der Waals surface area contributed by atoms with Crippen LogP contribution in [-0.2, 0) is 13.0 Å². The lowest BCUT2D eigenvalue weighted by atomic mass is 10.1. The van der Waals surface area contributed by atoms with Crippen molar-refractivity contribution >= 4 is 39.7 Å². The average Bonchev–Trinajstić information content (AvgIpc) is 3.44. The largest absolute Gasteiger partial charge is 0.490 e. The van der Waals surface area contributed by atoms with Crippen LogP contribution in [0.15, 0.2) is 112 Å². The Labute approximate surface area is 259 Å². The highest BCUT2D eigenvalue weighted by molar-refractivity contribution is 6.31. The highest BCUT2D eigenvalue weighted by Crippen LogP contribution is 2.35. The Morgan fingerprint density at radius 2 is 1.84 bits per heavy atom. The van der Waals surface area contributed by atoms with Crippen LogP contribution >= 0.6 is 11.6 Å². The number of halogens is 1. The standard InChI is InChI=1S/C36H30ClN3O4/c1-4-8-26-17-25(18-32(42-5-2)34(26)43-22-24-13-11-23(3)12-14-24)21-38-40-35(39-30-10-7-6-9-29(30)36(40)41)33-20-27-19-28(37)15-16-31(27)44-33/h4,6-7,9-21H,1,5,8,22H2,2-3H3. The number of hydrogen-bond acceptors (Lipinski definition) is 6. The zero-order valence-corrected chi connectivity index (χ0v) is 25.2. The van der Waals surface area contributed by atoms with Crippen LogP contribution < -0.4 is 15.0 Å². The van der Waals surface area contributed by atoms with Gasteiger partial charge in [0.1, 0.15) is 12.2 Å². The number of allylic oxidation sites excluding steroid dienone is 1. The van der Waals surface area contributed by atoms with Crippen LogP contribution in [0.1, 0.15) is 29.2 Å². The molecule has 44 heavy (non-hydrogen) atoms. The van der Waals surface area contributed by atoms with Gasteiger partial charge in [-0.3, -0.25) is 4.79 Å². The highest BCUT2D eigenvalue weighted by Gasteiger charge is 2.18. The van der Waals surface area contributed by atoms with Crippen molar-refractivity contribution in [2.45, 2.75) is 26.9 Å². The summed E-state index contributed by atoms with van der Waals surface area (Å²) in [6.07, 6.45) is 3.98. The van der Waals surface area contributed by atoms with Crippen LogP contribution in [0, 0.1) is 6.92 Å². The fourth-order valence-corrected chi connectivity index (χ4v) is 5.15. The maximum Gasteiger partial charge on any atom is 0.282 e. The summed E-state index contributed by atoms with van der Waals surface area (Å²) in [6, 6.07) is 26.3. The van der Waals surface area contributed by atoms with Crippen LogP contribution in [0.5, 0.6) is 11.5 Å². The number of ether oxygens (including phenoxy) is 2. The van der Waals surface area contributed by atoms with Gasteiger partial charge in [0.05, 0.1) is 23.7 Å². The van der Waals surface area contributed by atoms with E-state index >= 15 is 0 Å². The molecule has 220 valence electrons. The van der Waals surface area contributed by atoms with Crippen molar-refractivity contribution in [3.05, 3.63) is 135 Å². The van der Waals surface area contributed by atoms with Crippen molar-refractivity contribution in [3.8, 4) is 23.1 Å². The molecule has 2 heterocycles. The number of aryl methyl sites for hydroxylation is 1. The van der Waals surface area contributed by atoms with Crippen molar-refractivity contribution in [1.82, 2.24) is 9.66 Å². The van der Waals surface area contributed by atoms with E-state index in [0.717, 1.165) is 22.1 Å². The van der Waals surface area contributed by atoms with Gasteiger partial charge in [0, 0.05) is 16.0 Å². The minimum Gasteiger partial charge on any atom is -0.490 e. The monoisotopic (exact) mass is 603 g/mol. The molecule has 0 aliphatic heterocycles. The summed E-state index contributed by atoms with van der Waals surface area (Å²) < 4.78 is 19.7. The molecular weight excluding hydrogens is 574 g/mol. The summed E-state index contributed by atoms with van der Waals surface area (Å²) in [5.74, 6) is 1.89. The second kappa shape index (κ2) is 12.6. The van der Waals surface area contributed by atoms with E-state index in [-0.39, 0.29) is 11.4 Å². The lowest BCUT2D eigenvalue weighted by Gasteiger charge is -2.17. The molecule has 0 spiro atoms. The molecule has 0 amide bonds. The van der Waals surface area contributed by atoms with Crippen LogP contribution in [0.4, 0.5) is 0 Å². The van der Waals surface area contributed by atoms with E-state index in [4.69, 9.17) is 30.5 Å². The van der Waals surface area contributed by atoms with Gasteiger partial charge in [0.25, 0.3) is 5.56 Å². The summed E-state index contributed by atoms with van der Waals surface area (Å²) in [5, 5.41) is 6.45. The second-order valence-electron chi connectivity index (χ2n) is 10.3. The first kappa shape index (κ1) is 29.0. The molecule has 0 saturated heterocycles. The lowest BCUT2D eigenvalue weighted by molar-refractivity contribution is 0.267. The molecular formula is C36H30ClN3O4. The molecule has 0 N–H and O–H groups in total. The molecule has 6 aromatic rings. The van der Waals surface area contributed by atoms with Crippen molar-refractivity contribution < 1.29 is 13.9 Å². The molecule has 0 atom stereocenters. The minimum atomic E-state index is -0.324. The van der Waals surface area contributed by atoms with Gasteiger partial charge in [-0.25, -0.2) is 4.98 Å². The summed E-state index contributed by atoms with van der Waals surface area (Å²) in [4.78, 5) is 18.5. The SMILES string of the molecule is C=CCc1cc(C=Nn2c(-c3cc4cc(Cl)ccc4o3)nc3ccccc3c2=O)cc(OCC)c1OCc1ccc(C)cc1. The van der Waals surface area contributed by atoms with Gasteiger partial charge < -0.3 is 13.9 Å². The van der Waals surface area contributed by atoms with Crippen LogP contribution in [0.25, 0.3) is 33.5 Å². The molecule has 6 rings (SSSR count). The maximum absolute atomic E-state index is 13.7. The van der Waals surface area contributed by atoms with Gasteiger partial charge in [-0.15, -0.1) is 6.58 Å². The molecule has 4 aromatic carbocycles. The average molecular weight is 604 g/mol. The first-order valence-electron chi connectivity index (χ1n) is 14.3. The van der Waals surface area contributed by atoms with E-state index in [2.05, 4.69) is 30.7 Å². The molecule has 0 fully saturated rings. The molecule has 8 heteroatoms. The topological polar surface area (TPSA) is 78.9 Å². The quantitative estimate of drug-likeness (QED) is 0.116. The Kier molecular flexibility index (Phi) is 8.30. The predicted molar refractivity (Wildman–Crippen MR) is 176 cm³/mol. The number of furan rings is 1. The minimum absolute atomic E-state index is 0.270. The van der Waals surface area contributed by atoms with E-state index in [1.54, 1.807) is 48.7 Å². The third-order valence-electron chi connectivity index (χ3n) is 7.10. The van der Waals surface area contributed by atoms with Crippen molar-refractivity contribution in [2.75, 3.05) is 6.61 Å². The Hall–Kier alpha value is -5.14. The molecule has 0 aliphatic rings. The van der Waals surface area contributed by atoms with Gasteiger partial charge in [0.2, 0.25) is 5.82 Å². The Bertz CT molecular complexity index is 2080. The zero-order valence-electron chi connectivity index (χ0n) is 24.4. The summed E-state index contributed by atoms with van der Waals surface area (Å²) in [5.41, 5.74) is 4.69. The van der Waals surface area contributed by atoms with Crippen molar-refractivity contribution in [3.63, 3.8) is 0 Å². The third-order valence-corrected chi connectivity index (χ3v) is 7.33. The van der Waals surface area contributed by atoms with E-state index in [1.165, 1.54) is 10.2 Å². The number of nitrogens with zero attached hydrogens (tertiary/aromatic N) is 3. The lowest BCUT2D eigenvalue weighted by Crippen LogP contribution is -2.20. The second-order valence-corrected chi connectivity index (χ2v) is 10.8. The Balaban J connectivity index is 1.43. The number of fused-ring (bicyclic) bond motifs is 2. The van der Waals surface area contributed by atoms with E-state index in [1.807, 2.05) is 43.3 Å². The smallest absolute Gasteiger partial charge is 0.282 e. The van der Waals surface area contributed by atoms with Gasteiger partial charge >= 0.3 is 0 Å². The van der Waals surface area contributed by atoms with Crippen LogP contribution in [0.2, 0.25) is 5.02 Å². The van der Waals surface area contributed by atoms with Crippen LogP contribution in [-0.4, -0.2) is 22.5 Å². The molecule has 7 nitrogen and oxygen atoms in total. The molecule has 0 aliphatic carbocycles. The molecule has 2 aromatic heterocycles. The predicted octanol–water partition coefficient (Wildman–Crippen LogP) is 8.36. The number of aromatic nitrogens is 2. The molecule has 0 unspecified atom stereocenters. The normalized spacial score (nSPS) is 11.4. The first-order chi connectivity index (χ1) is 21.4. The molecule has 0 bridgehead atoms. The number of hydrogen-bond donors (Lipinski definition) is 0. The van der Waals surface area contributed by atoms with Crippen molar-refractivity contribution in [1.29, 1.82) is 0 Å². The summed E-state index contributed by atoms with van der Waals surface area (Å²) in [6.45, 7) is 8.74. The first-order valence-corrected chi connectivity index (χ1v) is 14.7. The van der Waals surface area contributed by atoms with Crippen LogP contribution in [0.3, 0.4) is 0 Å². The molecule has 0 saturated carbocycles. The number of rotatable bonds is 10. The van der Waals surface area contributed by atoms with E-state index < -0.39 is 0 Å². The van der Waals surface area contributed by atoms with Gasteiger partial charge in [-0.2, -0.15) is 9.78 Å². The van der Waals surface area contributed by atoms with Gasteiger partial charge in [-0.1, -0.05) is 59.6 Å². The zero-order chi connectivity index (χ0) is 30.6. The van der Waals surface area contributed by atoms with Crippen molar-refractivity contribution in [2.24, 2.45) is 5.10 Å². The maximum atomic E-state index is 13.7. The van der Waals surface area contributed by atoms with E-state index in [9.17, 15) is 4.79 Å². The fourth-order valence-electron chi connectivity index (χ4n) is 4.97. The third kappa shape index (κ3) is 6.00. The summed E-state index contributed by atoms with van der Waals surface area (Å²) >= 11 is 6.20. The number of para-hydroxylation sites is 1.